The molecule has 0 saturated carbocycles. The van der Waals surface area contributed by atoms with Crippen molar-refractivity contribution in [1.82, 2.24) is 4.58 Å². The van der Waals surface area contributed by atoms with Gasteiger partial charge in [0.05, 0.1) is 47.5 Å². The number of carbonyl (C=O) groups is 1. The molecule has 1 unspecified atom stereocenters. The number of rotatable bonds is 23. The molecule has 0 amide bonds. The minimum atomic E-state index is -4.82. The van der Waals surface area contributed by atoms with Crippen LogP contribution in [0.25, 0.3) is 17.4 Å². The highest BCUT2D eigenvalue weighted by atomic mass is 32.2. The second kappa shape index (κ2) is 21.4. The molecule has 4 rings (SSSR count). The van der Waals surface area contributed by atoms with Crippen LogP contribution in [0.2, 0.25) is 0 Å². The Labute approximate surface area is 341 Å². The number of methoxy groups -OCH3 is 2. The van der Waals surface area contributed by atoms with Crippen molar-refractivity contribution < 1.29 is 59.2 Å². The van der Waals surface area contributed by atoms with Crippen molar-refractivity contribution in [1.29, 1.82) is 0 Å². The molecule has 17 heteroatoms. The molecule has 15 nitrogen and oxygen atoms in total. The van der Waals surface area contributed by atoms with Gasteiger partial charge in [-0.25, -0.2) is 21.4 Å². The van der Waals surface area contributed by atoms with Crippen LogP contribution < -0.4 is 14.8 Å². The van der Waals surface area contributed by atoms with Crippen molar-refractivity contribution in [3.8, 4) is 11.3 Å². The van der Waals surface area contributed by atoms with E-state index in [2.05, 4.69) is 4.58 Å². The molecule has 1 aromatic rings. The van der Waals surface area contributed by atoms with Crippen LogP contribution in [0.15, 0.2) is 69.6 Å². The van der Waals surface area contributed by atoms with Gasteiger partial charge in [-0.3, -0.25) is 4.79 Å². The molecule has 0 saturated heterocycles. The van der Waals surface area contributed by atoms with Gasteiger partial charge in [0.1, 0.15) is 34.9 Å². The maximum atomic E-state index is 12.0. The normalized spacial score (nSPS) is 15.5. The summed E-state index contributed by atoms with van der Waals surface area (Å²) in [5.41, 5.74) is 2.98. The maximum absolute atomic E-state index is 12.0. The van der Waals surface area contributed by atoms with Gasteiger partial charge in [0.15, 0.2) is 13.1 Å². The van der Waals surface area contributed by atoms with Gasteiger partial charge < -0.3 is 42.5 Å². The van der Waals surface area contributed by atoms with E-state index in [1.54, 1.807) is 19.1 Å². The molecule has 0 aromatic heterocycles. The van der Waals surface area contributed by atoms with Crippen LogP contribution in [0.1, 0.15) is 69.3 Å². The van der Waals surface area contributed by atoms with Gasteiger partial charge in [-0.05, 0) is 66.8 Å². The van der Waals surface area contributed by atoms with Crippen molar-refractivity contribution in [3.63, 3.8) is 0 Å². The lowest BCUT2D eigenvalue weighted by atomic mass is 9.90. The van der Waals surface area contributed by atoms with E-state index in [1.165, 1.54) is 18.2 Å². The second-order valence-electron chi connectivity index (χ2n) is 14.9. The Bertz CT molecular complexity index is 2160. The SMILES string of the molecule is COCCOCC[N+](CCOCCOC)=c1ccc2c(/C=C/C=C3/C(CCCC(=O)O)c4cc(S(=O)(=O)[O-])ccc4N3CCCS(=O)(=O)[O-])cc(C(C)(C)C)oc-2c1. The Kier molecular flexibility index (Phi) is 17.2. The molecule has 3 aliphatic rings. The number of fused-ring (bicyclic) bond motifs is 2. The first kappa shape index (κ1) is 46.7. The van der Waals surface area contributed by atoms with Crippen LogP contribution in [0.5, 0.6) is 0 Å². The predicted octanol–water partition coefficient (Wildman–Crippen LogP) is 4.38. The molecule has 0 fully saturated rings. The summed E-state index contributed by atoms with van der Waals surface area (Å²) in [7, 11) is -6.09. The first-order valence-corrected chi connectivity index (χ1v) is 22.1. The van der Waals surface area contributed by atoms with Crippen LogP contribution in [0.3, 0.4) is 0 Å². The van der Waals surface area contributed by atoms with E-state index in [4.69, 9.17) is 23.4 Å². The van der Waals surface area contributed by atoms with Gasteiger partial charge in [-0.15, -0.1) is 0 Å². The number of ether oxygens (including phenoxy) is 4. The quantitative estimate of drug-likeness (QED) is 0.0799. The van der Waals surface area contributed by atoms with Crippen molar-refractivity contribution in [2.45, 2.75) is 62.7 Å². The van der Waals surface area contributed by atoms with Gasteiger partial charge in [0.2, 0.25) is 5.36 Å². The summed E-state index contributed by atoms with van der Waals surface area (Å²) < 4.78 is 101. The van der Waals surface area contributed by atoms with Gasteiger partial charge in [-0.1, -0.05) is 32.9 Å². The number of carboxylic acid groups (broad SMARTS) is 1. The van der Waals surface area contributed by atoms with Crippen LogP contribution in [0.4, 0.5) is 5.69 Å². The summed E-state index contributed by atoms with van der Waals surface area (Å²) in [4.78, 5) is 12.8. The molecule has 1 aromatic carbocycles. The fourth-order valence-electron chi connectivity index (χ4n) is 6.68. The van der Waals surface area contributed by atoms with Crippen LogP contribution >= 0.6 is 0 Å². The summed E-state index contributed by atoms with van der Waals surface area (Å²) in [6.07, 6.45) is 5.94. The van der Waals surface area contributed by atoms with Crippen molar-refractivity contribution in [2.75, 3.05) is 84.1 Å². The molecule has 1 N–H and O–H groups in total. The Hall–Kier alpha value is -3.94. The van der Waals surface area contributed by atoms with Crippen molar-refractivity contribution >= 4 is 38.0 Å². The molecule has 0 radical (unpaired) electrons. The van der Waals surface area contributed by atoms with E-state index >= 15 is 0 Å². The molecular weight excluding hydrogens is 793 g/mol. The van der Waals surface area contributed by atoms with E-state index in [-0.39, 0.29) is 31.2 Å². The van der Waals surface area contributed by atoms with E-state index in [0.717, 1.165) is 22.2 Å². The van der Waals surface area contributed by atoms with Gasteiger partial charge in [0, 0.05) is 67.3 Å². The first-order chi connectivity index (χ1) is 27.4. The summed E-state index contributed by atoms with van der Waals surface area (Å²) >= 11 is 0. The Morgan fingerprint density at radius 3 is 2.17 bits per heavy atom. The largest absolute Gasteiger partial charge is 0.748 e. The molecule has 0 spiro atoms. The van der Waals surface area contributed by atoms with Crippen molar-refractivity contribution in [2.24, 2.45) is 0 Å². The lowest BCUT2D eigenvalue weighted by Crippen LogP contribution is -2.36. The predicted molar refractivity (Wildman–Crippen MR) is 217 cm³/mol. The number of aliphatic carboxylic acids is 1. The molecular formula is C41H55N2O13S2-. The third kappa shape index (κ3) is 13.8. The number of carboxylic acids is 1. The number of allylic oxidation sites excluding steroid dienone is 3. The number of hydrogen-bond donors (Lipinski definition) is 1. The highest BCUT2D eigenvalue weighted by Crippen LogP contribution is 2.47. The molecule has 1 aliphatic carbocycles. The lowest BCUT2D eigenvalue weighted by Gasteiger charge is -2.24. The molecule has 320 valence electrons. The Morgan fingerprint density at radius 2 is 1.59 bits per heavy atom. The zero-order chi connectivity index (χ0) is 42.5. The average molecular weight is 848 g/mol. The fourth-order valence-corrected chi connectivity index (χ4v) is 7.67. The number of anilines is 1. The topological polar surface area (TPSA) is 208 Å². The van der Waals surface area contributed by atoms with E-state index in [9.17, 15) is 35.8 Å². The third-order valence-corrected chi connectivity index (χ3v) is 11.2. The van der Waals surface area contributed by atoms with Gasteiger partial charge in [0.25, 0.3) is 0 Å². The molecule has 0 bridgehead atoms. The average Bonchev–Trinajstić information content (AvgIpc) is 3.43. The number of benzene rings is 2. The van der Waals surface area contributed by atoms with Crippen molar-refractivity contribution in [3.05, 3.63) is 82.6 Å². The number of hydrogen-bond acceptors (Lipinski definition) is 13. The molecule has 58 heavy (non-hydrogen) atoms. The van der Waals surface area contributed by atoms with E-state index < -0.39 is 42.8 Å². The highest BCUT2D eigenvalue weighted by Gasteiger charge is 2.34. The van der Waals surface area contributed by atoms with Crippen LogP contribution in [-0.2, 0) is 49.4 Å². The summed E-state index contributed by atoms with van der Waals surface area (Å²) in [5, 5.41) is 10.3. The zero-order valence-electron chi connectivity index (χ0n) is 33.8. The monoisotopic (exact) mass is 847 g/mol. The van der Waals surface area contributed by atoms with Gasteiger partial charge in [-0.2, -0.15) is 0 Å². The zero-order valence-corrected chi connectivity index (χ0v) is 35.4. The molecule has 2 heterocycles. The Morgan fingerprint density at radius 1 is 0.914 bits per heavy atom. The maximum Gasteiger partial charge on any atom is 0.303 e. The summed E-state index contributed by atoms with van der Waals surface area (Å²) in [6.45, 7) is 10.3. The standard InChI is InChI=1S/C41H56N2O13S2/c1-41(2,3)39-27-30(33-15-13-31(28-38(33)56-39)42(18-20-54-24-22-52-4)19-21-55-25-23-53-5)9-6-11-36-34(10-7-12-40(44)45)35-29-32(58(49,50)51)14-16-37(35)43(36)17-8-26-57(46,47)48/h6,9,11,13-16,27-29,34H,7-8,10,12,17-26H2,1-5H3,(H2-,44,45,46,47,48,49,50,51)/p-1. The minimum absolute atomic E-state index is 0.0204. The van der Waals surface area contributed by atoms with Crippen LogP contribution in [-0.4, -0.2) is 116 Å². The number of nitrogens with zero attached hydrogens (tertiary/aromatic N) is 2. The van der Waals surface area contributed by atoms with E-state index in [0.29, 0.717) is 81.9 Å². The molecule has 1 atom stereocenters. The van der Waals surface area contributed by atoms with E-state index in [1.807, 2.05) is 63.3 Å². The Balaban J connectivity index is 1.81. The smallest absolute Gasteiger partial charge is 0.303 e. The first-order valence-electron chi connectivity index (χ1n) is 19.1. The summed E-state index contributed by atoms with van der Waals surface area (Å²) in [5.74, 6) is -0.759. The molecule has 2 aliphatic heterocycles. The third-order valence-electron chi connectivity index (χ3n) is 9.59. The van der Waals surface area contributed by atoms with Crippen LogP contribution in [0, 0.1) is 0 Å². The highest BCUT2D eigenvalue weighted by molar-refractivity contribution is 7.86. The fraction of sp³-hybridized carbons (Fsp3) is 0.512. The van der Waals surface area contributed by atoms with Gasteiger partial charge >= 0.3 is 5.97 Å². The summed E-state index contributed by atoms with van der Waals surface area (Å²) in [6, 6.07) is 11.9. The lowest BCUT2D eigenvalue weighted by molar-refractivity contribution is -0.137. The second-order valence-corrected chi connectivity index (χ2v) is 17.8. The minimum Gasteiger partial charge on any atom is -0.748 e.